The molecule has 3 aromatic heterocycles. The number of hydrogen-bond acceptors (Lipinski definition) is 7. The fourth-order valence-electron chi connectivity index (χ4n) is 6.25. The van der Waals surface area contributed by atoms with Crippen LogP contribution < -0.4 is 4.90 Å². The highest BCUT2D eigenvalue weighted by Gasteiger charge is 2.47. The zero-order valence-corrected chi connectivity index (χ0v) is 22.5. The van der Waals surface area contributed by atoms with Crippen LogP contribution in [0.4, 0.5) is 19.0 Å². The number of alkyl halides is 3. The average molecular weight is 565 g/mol. The Morgan fingerprint density at radius 3 is 2.56 bits per heavy atom. The van der Waals surface area contributed by atoms with E-state index in [1.54, 1.807) is 48.0 Å². The molecule has 41 heavy (non-hydrogen) atoms. The zero-order chi connectivity index (χ0) is 28.7. The molecule has 212 valence electrons. The Morgan fingerprint density at radius 2 is 1.88 bits per heavy atom. The van der Waals surface area contributed by atoms with Gasteiger partial charge in [0.1, 0.15) is 12.1 Å². The molecule has 13 heteroatoms. The summed E-state index contributed by atoms with van der Waals surface area (Å²) in [6, 6.07) is 5.74. The minimum Gasteiger partial charge on any atom is -0.493 e. The molecule has 2 aliphatic heterocycles. The van der Waals surface area contributed by atoms with Crippen LogP contribution in [0.5, 0.6) is 5.88 Å². The highest BCUT2D eigenvalue weighted by atomic mass is 19.4. The number of pyridine rings is 1. The summed E-state index contributed by atoms with van der Waals surface area (Å²) in [4.78, 5) is 21.1. The Bertz CT molecular complexity index is 1700. The number of fused-ring (bicyclic) bond motifs is 1. The fraction of sp³-hybridized carbons (Fsp3) is 0.393. The van der Waals surface area contributed by atoms with Gasteiger partial charge in [-0.2, -0.15) is 23.3 Å². The number of anilines is 1. The molecular weight excluding hydrogens is 537 g/mol. The van der Waals surface area contributed by atoms with Crippen molar-refractivity contribution in [3.05, 3.63) is 59.0 Å². The third-order valence-corrected chi connectivity index (χ3v) is 8.53. The summed E-state index contributed by atoms with van der Waals surface area (Å²) in [5.41, 5.74) is 1.60. The van der Waals surface area contributed by atoms with Crippen LogP contribution in [0.15, 0.2) is 36.8 Å². The van der Waals surface area contributed by atoms with Gasteiger partial charge in [-0.1, -0.05) is 0 Å². The second-order valence-corrected chi connectivity index (χ2v) is 11.4. The van der Waals surface area contributed by atoms with Gasteiger partial charge >= 0.3 is 6.18 Å². The first kappa shape index (κ1) is 25.7. The number of nitrogens with zero attached hydrogens (tertiary/aromatic N) is 8. The zero-order valence-electron chi connectivity index (χ0n) is 22.5. The smallest absolute Gasteiger partial charge is 0.416 e. The largest absolute Gasteiger partial charge is 0.493 e. The molecule has 1 N–H and O–H groups in total. The van der Waals surface area contributed by atoms with Crippen LogP contribution >= 0.6 is 0 Å². The normalized spacial score (nSPS) is 18.1. The van der Waals surface area contributed by atoms with E-state index in [2.05, 4.69) is 25.2 Å². The molecule has 3 aliphatic rings. The Kier molecular flexibility index (Phi) is 5.56. The lowest BCUT2D eigenvalue weighted by Crippen LogP contribution is -2.24. The lowest BCUT2D eigenvalue weighted by molar-refractivity contribution is -0.138. The molecule has 1 aromatic carbocycles. The van der Waals surface area contributed by atoms with Gasteiger partial charge in [0, 0.05) is 44.4 Å². The van der Waals surface area contributed by atoms with Crippen LogP contribution in [0.3, 0.4) is 0 Å². The molecule has 1 aliphatic carbocycles. The second-order valence-electron chi connectivity index (χ2n) is 11.4. The monoisotopic (exact) mass is 564 g/mol. The van der Waals surface area contributed by atoms with E-state index < -0.39 is 17.6 Å². The predicted molar refractivity (Wildman–Crippen MR) is 142 cm³/mol. The quantitative estimate of drug-likeness (QED) is 0.388. The summed E-state index contributed by atoms with van der Waals surface area (Å²) >= 11 is 0. The van der Waals surface area contributed by atoms with Crippen molar-refractivity contribution in [1.29, 1.82) is 0 Å². The molecule has 0 atom stereocenters. The molecule has 0 radical (unpaired) electrons. The molecule has 0 bridgehead atoms. The number of hydrogen-bond donors (Lipinski definition) is 1. The number of halogens is 3. The van der Waals surface area contributed by atoms with Gasteiger partial charge in [0.2, 0.25) is 5.88 Å². The molecule has 1 spiro atoms. The van der Waals surface area contributed by atoms with Crippen molar-refractivity contribution in [3.63, 3.8) is 0 Å². The van der Waals surface area contributed by atoms with Crippen molar-refractivity contribution in [2.24, 2.45) is 19.5 Å². The van der Waals surface area contributed by atoms with E-state index in [0.717, 1.165) is 19.5 Å². The van der Waals surface area contributed by atoms with Crippen LogP contribution in [0, 0.1) is 5.41 Å². The Balaban J connectivity index is 1.25. The van der Waals surface area contributed by atoms with Crippen molar-refractivity contribution >= 4 is 11.7 Å². The lowest BCUT2D eigenvalue weighted by atomic mass is 9.98. The number of likely N-dealkylation sites (tertiary alicyclic amines) is 1. The number of rotatable bonds is 5. The van der Waals surface area contributed by atoms with Crippen LogP contribution in [0.2, 0.25) is 0 Å². The molecule has 1 saturated heterocycles. The van der Waals surface area contributed by atoms with Crippen molar-refractivity contribution in [3.8, 4) is 28.5 Å². The van der Waals surface area contributed by atoms with Crippen molar-refractivity contribution in [2.45, 2.75) is 38.5 Å². The van der Waals surface area contributed by atoms with Gasteiger partial charge in [0.25, 0.3) is 5.91 Å². The number of benzene rings is 1. The third kappa shape index (κ3) is 4.35. The summed E-state index contributed by atoms with van der Waals surface area (Å²) < 4.78 is 46.1. The molecule has 7 rings (SSSR count). The molecule has 1 amide bonds. The average Bonchev–Trinajstić information content (AvgIpc) is 3.22. The Hall–Kier alpha value is -4.26. The standard InChI is InChI=1S/C28H27F3N8O2/c1-36-15-32-35-25(36)19-11-33-37(2)24(19)17-9-22(34-23(40)10-17)39-13-20-18(26(39)41)7-16(8-21(20)28(29,30)31)12-38-6-5-27(14-38)3-4-27/h7-11,15H,3-6,12-14H2,1-2H3,(H,34,40). The van der Waals surface area contributed by atoms with E-state index in [1.165, 1.54) is 29.9 Å². The van der Waals surface area contributed by atoms with Crippen molar-refractivity contribution in [2.75, 3.05) is 18.0 Å². The van der Waals surface area contributed by atoms with Gasteiger partial charge in [-0.3, -0.25) is 19.3 Å². The molecule has 5 heterocycles. The van der Waals surface area contributed by atoms with E-state index in [-0.39, 0.29) is 29.4 Å². The van der Waals surface area contributed by atoms with Crippen LogP contribution in [-0.4, -0.2) is 58.5 Å². The first-order valence-electron chi connectivity index (χ1n) is 13.4. The first-order chi connectivity index (χ1) is 19.5. The lowest BCUT2D eigenvalue weighted by Gasteiger charge is -2.18. The summed E-state index contributed by atoms with van der Waals surface area (Å²) in [6.07, 6.45) is 1.94. The molecule has 10 nitrogen and oxygen atoms in total. The van der Waals surface area contributed by atoms with Crippen molar-refractivity contribution in [1.82, 2.24) is 34.4 Å². The highest BCUT2D eigenvalue weighted by Crippen LogP contribution is 2.53. The van der Waals surface area contributed by atoms with E-state index in [9.17, 15) is 23.1 Å². The maximum Gasteiger partial charge on any atom is 0.416 e. The maximum atomic E-state index is 14.3. The highest BCUT2D eigenvalue weighted by molar-refractivity contribution is 6.10. The van der Waals surface area contributed by atoms with Gasteiger partial charge in [0.15, 0.2) is 5.82 Å². The minimum atomic E-state index is -4.63. The molecule has 1 saturated carbocycles. The SMILES string of the molecule is Cn1cnnc1-c1cnn(C)c1-c1cc(O)nc(N2Cc3c(cc(CN4CCC5(CC5)C4)cc3C(F)(F)F)C2=O)c1. The summed E-state index contributed by atoms with van der Waals surface area (Å²) in [7, 11) is 3.49. The molecular formula is C28H27F3N8O2. The topological polar surface area (TPSA) is 105 Å². The maximum absolute atomic E-state index is 14.3. The molecule has 0 unspecified atom stereocenters. The van der Waals surface area contributed by atoms with E-state index in [1.807, 2.05) is 0 Å². The Labute approximate surface area is 233 Å². The van der Waals surface area contributed by atoms with Crippen LogP contribution in [-0.2, 0) is 33.4 Å². The number of carbonyl (C=O) groups is 1. The Morgan fingerprint density at radius 1 is 1.07 bits per heavy atom. The number of aromatic hydroxyl groups is 1. The number of aryl methyl sites for hydroxylation is 2. The molecule has 2 fully saturated rings. The van der Waals surface area contributed by atoms with Crippen LogP contribution in [0.1, 0.15) is 46.3 Å². The van der Waals surface area contributed by atoms with E-state index >= 15 is 0 Å². The minimum absolute atomic E-state index is 0.0159. The first-order valence-corrected chi connectivity index (χ1v) is 13.4. The number of carbonyl (C=O) groups excluding carboxylic acids is 1. The van der Waals surface area contributed by atoms with Crippen LogP contribution in [0.25, 0.3) is 22.6 Å². The van der Waals surface area contributed by atoms with E-state index in [4.69, 9.17) is 0 Å². The van der Waals surface area contributed by atoms with Gasteiger partial charge in [-0.15, -0.1) is 10.2 Å². The van der Waals surface area contributed by atoms with Gasteiger partial charge < -0.3 is 9.67 Å². The van der Waals surface area contributed by atoms with Gasteiger partial charge in [-0.05, 0) is 60.5 Å². The van der Waals surface area contributed by atoms with Gasteiger partial charge in [-0.25, -0.2) is 0 Å². The fourth-order valence-corrected chi connectivity index (χ4v) is 6.25. The second kappa shape index (κ2) is 8.87. The summed E-state index contributed by atoms with van der Waals surface area (Å²) in [5, 5.41) is 22.9. The van der Waals surface area contributed by atoms with Gasteiger partial charge in [0.05, 0.1) is 29.6 Å². The molecule has 4 aromatic rings. The predicted octanol–water partition coefficient (Wildman–Crippen LogP) is 4.15. The third-order valence-electron chi connectivity index (χ3n) is 8.53. The number of aromatic nitrogens is 6. The number of amides is 1. The summed E-state index contributed by atoms with van der Waals surface area (Å²) in [6.45, 7) is 1.78. The summed E-state index contributed by atoms with van der Waals surface area (Å²) in [5.74, 6) is -0.402. The van der Waals surface area contributed by atoms with E-state index in [0.29, 0.717) is 40.2 Å². The van der Waals surface area contributed by atoms with Crippen molar-refractivity contribution < 1.29 is 23.1 Å².